The van der Waals surface area contributed by atoms with E-state index in [1.165, 1.54) is 24.3 Å². The van der Waals surface area contributed by atoms with Crippen LogP contribution in [0.5, 0.6) is 11.5 Å². The van der Waals surface area contributed by atoms with Crippen LogP contribution < -0.4 is 29.6 Å². The number of rotatable bonds is 7. The van der Waals surface area contributed by atoms with Crippen molar-refractivity contribution in [2.45, 2.75) is 49.9 Å². The van der Waals surface area contributed by atoms with E-state index in [-0.39, 0.29) is 65.7 Å². The molecule has 2 aromatic carbocycles. The van der Waals surface area contributed by atoms with Gasteiger partial charge >= 0.3 is 29.6 Å². The first kappa shape index (κ1) is 25.9. The summed E-state index contributed by atoms with van der Waals surface area (Å²) in [6.07, 6.45) is 3.92. The van der Waals surface area contributed by atoms with Crippen LogP contribution in [0.3, 0.4) is 0 Å². The average Bonchev–Trinajstić information content (AvgIpc) is 2.68. The number of fused-ring (bicyclic) bond motifs is 1. The standard InChI is InChI=1S/C23H28O6S.Na/c1-15-5-6-17-13-19(25)11-12-21(17)22(15)14-20(30(27,28)29)3-2-4-23(26)16-7-9-18(24)10-8-16;/h2,4,7-13,15,20,22-26H,3,5-6,14H2,1H3,(H,27,28,29);/q;+1/p-1/b4-2+;/t15-,20+,22-,23-;/m1./s1. The van der Waals surface area contributed by atoms with Gasteiger partial charge in [0.25, 0.3) is 0 Å². The normalized spacial score (nSPS) is 20.6. The molecule has 0 unspecified atom stereocenters. The molecule has 1 aliphatic carbocycles. The number of hydrogen-bond acceptors (Lipinski definition) is 6. The Morgan fingerprint density at radius 1 is 1.13 bits per heavy atom. The van der Waals surface area contributed by atoms with E-state index in [2.05, 4.69) is 6.92 Å². The number of aromatic hydroxyl groups is 2. The van der Waals surface area contributed by atoms with Crippen molar-refractivity contribution < 1.29 is 57.8 Å². The fraction of sp³-hybridized carbons (Fsp3) is 0.391. The summed E-state index contributed by atoms with van der Waals surface area (Å²) < 4.78 is 35.8. The summed E-state index contributed by atoms with van der Waals surface area (Å²) in [5.41, 5.74) is 2.55. The first-order chi connectivity index (χ1) is 14.1. The quantitative estimate of drug-likeness (QED) is 0.323. The molecule has 0 saturated carbocycles. The number of aliphatic hydroxyl groups excluding tert-OH is 1. The molecular formula is C23H27NaO6S. The molecule has 1 aliphatic rings. The van der Waals surface area contributed by atoms with Crippen molar-refractivity contribution in [3.8, 4) is 11.5 Å². The van der Waals surface area contributed by atoms with E-state index in [0.29, 0.717) is 5.56 Å². The minimum absolute atomic E-state index is 0. The second kappa shape index (κ2) is 11.0. The number of aryl methyl sites for hydroxylation is 1. The summed E-state index contributed by atoms with van der Waals surface area (Å²) in [7, 11) is -4.53. The predicted octanol–water partition coefficient (Wildman–Crippen LogP) is 0.752. The van der Waals surface area contributed by atoms with Gasteiger partial charge in [-0.2, -0.15) is 0 Å². The third-order valence-electron chi connectivity index (χ3n) is 5.96. The topological polar surface area (TPSA) is 118 Å². The van der Waals surface area contributed by atoms with Gasteiger partial charge in [-0.25, -0.2) is 8.42 Å². The Balaban J connectivity index is 0.00000341. The van der Waals surface area contributed by atoms with Crippen molar-refractivity contribution in [2.75, 3.05) is 0 Å². The van der Waals surface area contributed by atoms with E-state index in [4.69, 9.17) is 0 Å². The molecule has 6 nitrogen and oxygen atoms in total. The maximum atomic E-state index is 11.9. The van der Waals surface area contributed by atoms with E-state index < -0.39 is 21.5 Å². The Morgan fingerprint density at radius 3 is 2.42 bits per heavy atom. The molecule has 3 N–H and O–H groups in total. The maximum Gasteiger partial charge on any atom is 1.00 e. The molecule has 0 aromatic heterocycles. The van der Waals surface area contributed by atoms with Crippen LogP contribution in [0.2, 0.25) is 0 Å². The van der Waals surface area contributed by atoms with Crippen LogP contribution in [-0.4, -0.2) is 33.5 Å². The maximum absolute atomic E-state index is 11.9. The van der Waals surface area contributed by atoms with Gasteiger partial charge in [-0.1, -0.05) is 37.3 Å². The number of phenolic OH excluding ortho intramolecular Hbond substituents is 2. The van der Waals surface area contributed by atoms with Crippen LogP contribution in [0.1, 0.15) is 54.9 Å². The van der Waals surface area contributed by atoms with Gasteiger partial charge in [0.05, 0.1) is 21.5 Å². The van der Waals surface area contributed by atoms with Crippen LogP contribution in [0.15, 0.2) is 54.6 Å². The van der Waals surface area contributed by atoms with E-state index in [1.807, 2.05) is 6.07 Å². The van der Waals surface area contributed by atoms with Crippen molar-refractivity contribution in [1.29, 1.82) is 0 Å². The molecule has 3 rings (SSSR count). The molecule has 0 radical (unpaired) electrons. The summed E-state index contributed by atoms with van der Waals surface area (Å²) in [5.74, 6) is 0.403. The van der Waals surface area contributed by atoms with Crippen molar-refractivity contribution in [3.05, 3.63) is 71.3 Å². The van der Waals surface area contributed by atoms with Crippen LogP contribution in [0.4, 0.5) is 0 Å². The smallest absolute Gasteiger partial charge is 0.748 e. The molecule has 0 fully saturated rings. The van der Waals surface area contributed by atoms with Crippen LogP contribution in [-0.2, 0) is 16.5 Å². The molecule has 31 heavy (non-hydrogen) atoms. The molecule has 8 heteroatoms. The molecule has 0 heterocycles. The fourth-order valence-corrected chi connectivity index (χ4v) is 4.97. The van der Waals surface area contributed by atoms with E-state index in [1.54, 1.807) is 24.3 Å². The number of hydrogen-bond donors (Lipinski definition) is 3. The number of aliphatic hydroxyl groups is 1. The molecular weight excluding hydrogens is 427 g/mol. The second-order valence-corrected chi connectivity index (χ2v) is 9.71. The van der Waals surface area contributed by atoms with Crippen LogP contribution >= 0.6 is 0 Å². The first-order valence-corrected chi connectivity index (χ1v) is 11.5. The zero-order valence-electron chi connectivity index (χ0n) is 17.8. The van der Waals surface area contributed by atoms with Gasteiger partial charge in [-0.3, -0.25) is 0 Å². The zero-order chi connectivity index (χ0) is 21.9. The van der Waals surface area contributed by atoms with Crippen LogP contribution in [0, 0.1) is 5.92 Å². The Hall–Kier alpha value is -1.35. The molecule has 162 valence electrons. The Bertz CT molecular complexity index is 1000. The summed E-state index contributed by atoms with van der Waals surface area (Å²) in [5, 5.41) is 28.2. The molecule has 0 spiro atoms. The van der Waals surface area contributed by atoms with Gasteiger partial charge in [-0.05, 0) is 78.5 Å². The minimum Gasteiger partial charge on any atom is -0.748 e. The summed E-state index contributed by atoms with van der Waals surface area (Å²) in [4.78, 5) is 0. The average molecular weight is 455 g/mol. The van der Waals surface area contributed by atoms with E-state index >= 15 is 0 Å². The number of phenols is 2. The van der Waals surface area contributed by atoms with Crippen molar-refractivity contribution in [1.82, 2.24) is 0 Å². The Kier molecular flexibility index (Phi) is 9.18. The molecule has 2 aromatic rings. The Morgan fingerprint density at radius 2 is 1.77 bits per heavy atom. The molecule has 4 atom stereocenters. The zero-order valence-corrected chi connectivity index (χ0v) is 20.6. The van der Waals surface area contributed by atoms with Crippen molar-refractivity contribution in [2.24, 2.45) is 5.92 Å². The number of allylic oxidation sites excluding steroid dienone is 1. The van der Waals surface area contributed by atoms with Gasteiger partial charge in [0.15, 0.2) is 0 Å². The summed E-state index contributed by atoms with van der Waals surface area (Å²) in [6.45, 7) is 2.05. The fourth-order valence-electron chi connectivity index (χ4n) is 4.18. The summed E-state index contributed by atoms with van der Waals surface area (Å²) >= 11 is 0. The van der Waals surface area contributed by atoms with Gasteiger partial charge in [-0.15, -0.1) is 0 Å². The van der Waals surface area contributed by atoms with E-state index in [0.717, 1.165) is 24.0 Å². The van der Waals surface area contributed by atoms with Gasteiger partial charge in [0.2, 0.25) is 0 Å². The largest absolute Gasteiger partial charge is 1.00 e. The van der Waals surface area contributed by atoms with Gasteiger partial charge in [0, 0.05) is 0 Å². The molecule has 0 bridgehead atoms. The van der Waals surface area contributed by atoms with Gasteiger partial charge < -0.3 is 19.9 Å². The van der Waals surface area contributed by atoms with Crippen LogP contribution in [0.25, 0.3) is 0 Å². The third-order valence-corrected chi connectivity index (χ3v) is 7.16. The first-order valence-electron chi connectivity index (χ1n) is 10.1. The van der Waals surface area contributed by atoms with Gasteiger partial charge in [0.1, 0.15) is 11.5 Å². The van der Waals surface area contributed by atoms with E-state index in [9.17, 15) is 28.3 Å². The number of benzene rings is 2. The molecule has 0 saturated heterocycles. The second-order valence-electron chi connectivity index (χ2n) is 8.06. The molecule has 0 aliphatic heterocycles. The summed E-state index contributed by atoms with van der Waals surface area (Å²) in [6, 6.07) is 11.2. The predicted molar refractivity (Wildman–Crippen MR) is 113 cm³/mol. The molecule has 0 amide bonds. The Labute approximate surface area is 205 Å². The van der Waals surface area contributed by atoms with Crippen molar-refractivity contribution >= 4 is 10.1 Å². The van der Waals surface area contributed by atoms with Crippen molar-refractivity contribution in [3.63, 3.8) is 0 Å². The minimum atomic E-state index is -4.53. The monoisotopic (exact) mass is 454 g/mol. The third kappa shape index (κ3) is 6.81. The SMILES string of the molecule is C[C@@H]1CCc2cc(O)ccc2[C@@H]1C[C@H](C/C=C/[C@@H](O)c1ccc(O)cc1)S(=O)(=O)[O-].[Na+].